The number of aromatic nitrogens is 4. The second kappa shape index (κ2) is 10.4. The first kappa shape index (κ1) is 23.5. The van der Waals surface area contributed by atoms with Crippen LogP contribution >= 0.6 is 0 Å². The molecule has 1 aliphatic heterocycles. The van der Waals surface area contributed by atoms with Crippen molar-refractivity contribution in [1.82, 2.24) is 24.9 Å². The second-order valence-corrected chi connectivity index (χ2v) is 7.73. The quantitative estimate of drug-likeness (QED) is 0.647. The summed E-state index contributed by atoms with van der Waals surface area (Å²) < 4.78 is 18.2. The first-order valence-corrected chi connectivity index (χ1v) is 10.6. The number of ether oxygens (including phenoxy) is 3. The number of pyridine rings is 1. The molecule has 0 radical (unpaired) electrons. The van der Waals surface area contributed by atoms with Gasteiger partial charge in [-0.05, 0) is 25.5 Å². The molecule has 2 aromatic rings. The Morgan fingerprint density at radius 3 is 2.84 bits per heavy atom. The topological polar surface area (TPSA) is 129 Å². The normalized spacial score (nSPS) is 18.2. The fraction of sp³-hybridized carbons (Fsp3) is 0.571. The zero-order chi connectivity index (χ0) is 23.3. The Bertz CT molecular complexity index is 962. The molecule has 32 heavy (non-hydrogen) atoms. The molecule has 0 spiro atoms. The molecule has 1 fully saturated rings. The maximum Gasteiger partial charge on any atom is 0.409 e. The van der Waals surface area contributed by atoms with Crippen molar-refractivity contribution in [3.63, 3.8) is 0 Å². The van der Waals surface area contributed by atoms with Crippen LogP contribution in [-0.2, 0) is 27.9 Å². The number of hydrogen-bond donors (Lipinski definition) is 1. The Kier molecular flexibility index (Phi) is 7.62. The second-order valence-electron chi connectivity index (χ2n) is 7.73. The van der Waals surface area contributed by atoms with E-state index in [1.54, 1.807) is 30.9 Å². The maximum absolute atomic E-state index is 12.1. The molecular formula is C21H29N5O6. The van der Waals surface area contributed by atoms with Gasteiger partial charge in [0.15, 0.2) is 6.10 Å². The molecule has 2 aromatic heterocycles. The number of carbonyl (C=O) groups is 2. The van der Waals surface area contributed by atoms with E-state index in [-0.39, 0.29) is 19.1 Å². The summed E-state index contributed by atoms with van der Waals surface area (Å²) >= 11 is 0. The monoisotopic (exact) mass is 447 g/mol. The molecular weight excluding hydrogens is 418 g/mol. The summed E-state index contributed by atoms with van der Waals surface area (Å²) in [5, 5.41) is 17.4. The zero-order valence-electron chi connectivity index (χ0n) is 18.8. The number of carbonyl (C=O) groups excluding carboxylic acids is 1. The lowest BCUT2D eigenvalue weighted by atomic mass is 10.1. The summed E-state index contributed by atoms with van der Waals surface area (Å²) in [4.78, 5) is 29.4. The smallest absolute Gasteiger partial charge is 0.409 e. The third-order valence-electron chi connectivity index (χ3n) is 5.23. The highest BCUT2D eigenvalue weighted by atomic mass is 16.6. The van der Waals surface area contributed by atoms with Gasteiger partial charge in [0.05, 0.1) is 18.0 Å². The zero-order valence-corrected chi connectivity index (χ0v) is 18.8. The van der Waals surface area contributed by atoms with Crippen molar-refractivity contribution in [2.75, 3.05) is 20.2 Å². The van der Waals surface area contributed by atoms with Crippen LogP contribution in [-0.4, -0.2) is 74.5 Å². The molecule has 11 nitrogen and oxygen atoms in total. The molecule has 0 aromatic carbocycles. The Labute approximate surface area is 186 Å². The third-order valence-corrected chi connectivity index (χ3v) is 5.23. The van der Waals surface area contributed by atoms with Crippen molar-refractivity contribution >= 4 is 12.1 Å². The van der Waals surface area contributed by atoms with E-state index in [1.165, 1.54) is 4.90 Å². The van der Waals surface area contributed by atoms with Crippen LogP contribution in [0.4, 0.5) is 4.79 Å². The number of aliphatic carboxylic acids is 1. The summed E-state index contributed by atoms with van der Waals surface area (Å²) in [6.07, 6.45) is 0.195. The minimum absolute atomic E-state index is 0.0172. The average Bonchev–Trinajstić information content (AvgIpc) is 3.14. The van der Waals surface area contributed by atoms with Crippen molar-refractivity contribution in [2.45, 2.75) is 51.9 Å². The molecule has 3 rings (SSSR count). The highest BCUT2D eigenvalue weighted by Gasteiger charge is 2.29. The number of aryl methyl sites for hydroxylation is 2. The van der Waals surface area contributed by atoms with Crippen LogP contribution in [0.2, 0.25) is 0 Å². The van der Waals surface area contributed by atoms with Gasteiger partial charge in [0.25, 0.3) is 0 Å². The van der Waals surface area contributed by atoms with Crippen molar-refractivity contribution in [3.8, 4) is 17.1 Å². The van der Waals surface area contributed by atoms with Crippen molar-refractivity contribution < 1.29 is 28.9 Å². The molecule has 0 saturated carbocycles. The lowest BCUT2D eigenvalue weighted by Crippen LogP contribution is -2.37. The Balaban J connectivity index is 1.71. The van der Waals surface area contributed by atoms with E-state index in [9.17, 15) is 9.59 Å². The van der Waals surface area contributed by atoms with E-state index in [4.69, 9.17) is 19.3 Å². The first-order valence-electron chi connectivity index (χ1n) is 10.6. The molecule has 174 valence electrons. The van der Waals surface area contributed by atoms with Crippen LogP contribution in [0.5, 0.6) is 5.75 Å². The van der Waals surface area contributed by atoms with Gasteiger partial charge in [0.2, 0.25) is 0 Å². The SMILES string of the molecule is CCCN(C)C(=O)OCc1c(-c2ccc(O[C@@H]3CCO[C@@H](C(=O)O)C3)c(C)n2)nnn1C. The van der Waals surface area contributed by atoms with Gasteiger partial charge in [-0.1, -0.05) is 12.1 Å². The van der Waals surface area contributed by atoms with Gasteiger partial charge in [0, 0.05) is 33.5 Å². The Morgan fingerprint density at radius 1 is 1.38 bits per heavy atom. The molecule has 2 atom stereocenters. The molecule has 1 amide bonds. The Hall–Kier alpha value is -3.21. The fourth-order valence-electron chi connectivity index (χ4n) is 3.43. The van der Waals surface area contributed by atoms with Crippen LogP contribution in [0.1, 0.15) is 37.6 Å². The number of nitrogens with zero attached hydrogens (tertiary/aromatic N) is 5. The van der Waals surface area contributed by atoms with Crippen molar-refractivity contribution in [2.24, 2.45) is 7.05 Å². The molecule has 1 aliphatic rings. The molecule has 0 unspecified atom stereocenters. The van der Waals surface area contributed by atoms with E-state index in [1.807, 2.05) is 13.8 Å². The largest absolute Gasteiger partial charge is 0.488 e. The molecule has 1 saturated heterocycles. The van der Waals surface area contributed by atoms with E-state index in [0.717, 1.165) is 6.42 Å². The van der Waals surface area contributed by atoms with Gasteiger partial charge in [-0.15, -0.1) is 5.10 Å². The Morgan fingerprint density at radius 2 is 2.16 bits per heavy atom. The number of amides is 1. The number of rotatable bonds is 8. The molecule has 0 aliphatic carbocycles. The van der Waals surface area contributed by atoms with E-state index in [2.05, 4.69) is 15.3 Å². The highest BCUT2D eigenvalue weighted by Crippen LogP contribution is 2.27. The summed E-state index contributed by atoms with van der Waals surface area (Å²) in [5.74, 6) is -0.414. The standard InChI is InChI=1S/C21H29N5O6/c1-5-9-25(3)21(29)31-12-16-19(23-24-26(16)4)15-6-7-17(13(2)22-15)32-14-8-10-30-18(11-14)20(27)28/h6-7,14,18H,5,8-12H2,1-4H3,(H,27,28)/t14-,18-/m1/s1. The fourth-order valence-corrected chi connectivity index (χ4v) is 3.43. The van der Waals surface area contributed by atoms with Gasteiger partial charge in [0.1, 0.15) is 29.8 Å². The number of carboxylic acid groups (broad SMARTS) is 1. The molecule has 1 N–H and O–H groups in total. The van der Waals surface area contributed by atoms with Gasteiger partial charge < -0.3 is 24.2 Å². The van der Waals surface area contributed by atoms with Gasteiger partial charge >= 0.3 is 12.1 Å². The lowest BCUT2D eigenvalue weighted by Gasteiger charge is -2.28. The van der Waals surface area contributed by atoms with Crippen LogP contribution in [0.25, 0.3) is 11.4 Å². The summed E-state index contributed by atoms with van der Waals surface area (Å²) in [6, 6.07) is 3.54. The minimum atomic E-state index is -0.986. The van der Waals surface area contributed by atoms with Gasteiger partial charge in [-0.3, -0.25) is 0 Å². The van der Waals surface area contributed by atoms with Gasteiger partial charge in [-0.2, -0.15) is 0 Å². The van der Waals surface area contributed by atoms with Crippen molar-refractivity contribution in [3.05, 3.63) is 23.5 Å². The van der Waals surface area contributed by atoms with Crippen LogP contribution < -0.4 is 4.74 Å². The van der Waals surface area contributed by atoms with Crippen molar-refractivity contribution in [1.29, 1.82) is 0 Å². The lowest BCUT2D eigenvalue weighted by molar-refractivity contribution is -0.156. The molecule has 11 heteroatoms. The first-order chi connectivity index (χ1) is 15.3. The highest BCUT2D eigenvalue weighted by molar-refractivity contribution is 5.72. The summed E-state index contributed by atoms with van der Waals surface area (Å²) in [6.45, 7) is 4.76. The number of carboxylic acids is 1. The third kappa shape index (κ3) is 5.52. The van der Waals surface area contributed by atoms with Crippen LogP contribution in [0.3, 0.4) is 0 Å². The molecule has 0 bridgehead atoms. The van der Waals surface area contributed by atoms with Gasteiger partial charge in [-0.25, -0.2) is 19.3 Å². The average molecular weight is 447 g/mol. The van der Waals surface area contributed by atoms with E-state index in [0.29, 0.717) is 48.1 Å². The molecule has 3 heterocycles. The summed E-state index contributed by atoms with van der Waals surface area (Å²) in [5.41, 5.74) is 2.35. The maximum atomic E-state index is 12.1. The number of hydrogen-bond acceptors (Lipinski definition) is 8. The van der Waals surface area contributed by atoms with Crippen LogP contribution in [0, 0.1) is 6.92 Å². The predicted octanol–water partition coefficient (Wildman–Crippen LogP) is 2.17. The summed E-state index contributed by atoms with van der Waals surface area (Å²) in [7, 11) is 3.42. The van der Waals surface area contributed by atoms with E-state index >= 15 is 0 Å². The van der Waals surface area contributed by atoms with E-state index < -0.39 is 18.2 Å². The minimum Gasteiger partial charge on any atom is -0.488 e. The predicted molar refractivity (Wildman–Crippen MR) is 113 cm³/mol. The van der Waals surface area contributed by atoms with Crippen LogP contribution in [0.15, 0.2) is 12.1 Å².